The molecular formula is C16H22N2O3. The lowest BCUT2D eigenvalue weighted by Crippen LogP contribution is -2.44. The molecule has 1 aromatic rings. The Morgan fingerprint density at radius 1 is 1.43 bits per heavy atom. The molecule has 1 atom stereocenters. The average molecular weight is 290 g/mol. The van der Waals surface area contributed by atoms with Gasteiger partial charge in [-0.2, -0.15) is 0 Å². The van der Waals surface area contributed by atoms with Crippen LogP contribution in [0.2, 0.25) is 0 Å². The number of rotatable bonds is 4. The van der Waals surface area contributed by atoms with E-state index in [0.29, 0.717) is 13.0 Å². The first-order valence-electron chi connectivity index (χ1n) is 7.36. The third-order valence-electron chi connectivity index (χ3n) is 4.12. The summed E-state index contributed by atoms with van der Waals surface area (Å²) in [5.74, 6) is -0.934. The van der Waals surface area contributed by atoms with Gasteiger partial charge in [0.05, 0.1) is 5.56 Å². The fourth-order valence-corrected chi connectivity index (χ4v) is 2.72. The van der Waals surface area contributed by atoms with Crippen LogP contribution in [-0.2, 0) is 6.42 Å². The van der Waals surface area contributed by atoms with Crippen LogP contribution in [0.3, 0.4) is 0 Å². The van der Waals surface area contributed by atoms with Gasteiger partial charge in [-0.25, -0.2) is 9.59 Å². The van der Waals surface area contributed by atoms with E-state index in [9.17, 15) is 9.59 Å². The minimum atomic E-state index is -0.934. The topological polar surface area (TPSA) is 60.9 Å². The summed E-state index contributed by atoms with van der Waals surface area (Å²) in [4.78, 5) is 27.1. The minimum Gasteiger partial charge on any atom is -0.478 e. The maximum atomic E-state index is 12.6. The van der Waals surface area contributed by atoms with E-state index in [1.54, 1.807) is 28.0 Å². The van der Waals surface area contributed by atoms with Crippen molar-refractivity contribution in [1.29, 1.82) is 0 Å². The fourth-order valence-electron chi connectivity index (χ4n) is 2.72. The Morgan fingerprint density at radius 3 is 2.76 bits per heavy atom. The van der Waals surface area contributed by atoms with Crippen molar-refractivity contribution in [1.82, 2.24) is 4.90 Å². The van der Waals surface area contributed by atoms with Gasteiger partial charge in [-0.1, -0.05) is 13.3 Å². The molecule has 2 amide bonds. The highest BCUT2D eigenvalue weighted by Crippen LogP contribution is 2.30. The van der Waals surface area contributed by atoms with Crippen LogP contribution in [-0.4, -0.2) is 41.6 Å². The van der Waals surface area contributed by atoms with Crippen LogP contribution in [0.25, 0.3) is 0 Å². The van der Waals surface area contributed by atoms with Crippen LogP contribution < -0.4 is 4.90 Å². The van der Waals surface area contributed by atoms with Gasteiger partial charge in [-0.05, 0) is 43.5 Å². The van der Waals surface area contributed by atoms with E-state index in [-0.39, 0.29) is 17.6 Å². The molecule has 0 aliphatic carbocycles. The molecule has 0 bridgehead atoms. The maximum absolute atomic E-state index is 12.6. The molecule has 1 N–H and O–H groups in total. The average Bonchev–Trinajstić information content (AvgIpc) is 2.88. The van der Waals surface area contributed by atoms with Gasteiger partial charge in [0.15, 0.2) is 0 Å². The molecule has 0 fully saturated rings. The number of amides is 2. The van der Waals surface area contributed by atoms with E-state index in [2.05, 4.69) is 6.92 Å². The molecule has 0 saturated heterocycles. The van der Waals surface area contributed by atoms with Crippen molar-refractivity contribution in [3.63, 3.8) is 0 Å². The Hall–Kier alpha value is -2.04. The van der Waals surface area contributed by atoms with Crippen molar-refractivity contribution in [3.8, 4) is 0 Å². The maximum Gasteiger partial charge on any atom is 0.335 e. The van der Waals surface area contributed by atoms with Gasteiger partial charge < -0.3 is 10.0 Å². The lowest BCUT2D eigenvalue weighted by Gasteiger charge is -2.29. The number of carboxylic acids is 1. The number of hydrogen-bond acceptors (Lipinski definition) is 2. The van der Waals surface area contributed by atoms with E-state index < -0.39 is 5.97 Å². The van der Waals surface area contributed by atoms with Crippen molar-refractivity contribution in [2.24, 2.45) is 0 Å². The first kappa shape index (κ1) is 15.4. The number of anilines is 1. The molecule has 1 unspecified atom stereocenters. The molecule has 21 heavy (non-hydrogen) atoms. The third-order valence-corrected chi connectivity index (χ3v) is 4.12. The van der Waals surface area contributed by atoms with Crippen molar-refractivity contribution >= 4 is 17.7 Å². The van der Waals surface area contributed by atoms with Crippen LogP contribution in [0.4, 0.5) is 10.5 Å². The summed E-state index contributed by atoms with van der Waals surface area (Å²) >= 11 is 0. The van der Waals surface area contributed by atoms with Gasteiger partial charge in [-0.3, -0.25) is 4.90 Å². The Kier molecular flexibility index (Phi) is 4.50. The molecular weight excluding hydrogens is 268 g/mol. The number of benzene rings is 1. The Balaban J connectivity index is 2.19. The highest BCUT2D eigenvalue weighted by atomic mass is 16.4. The largest absolute Gasteiger partial charge is 0.478 e. The second kappa shape index (κ2) is 6.16. The van der Waals surface area contributed by atoms with Gasteiger partial charge >= 0.3 is 12.0 Å². The standard InChI is InChI=1S/C16H22N2O3/c1-4-5-11(2)17(3)16(21)18-9-8-12-10-13(15(19)20)6-7-14(12)18/h6-7,10-11H,4-5,8-9H2,1-3H3,(H,19,20). The number of carbonyl (C=O) groups excluding carboxylic acids is 1. The zero-order valence-electron chi connectivity index (χ0n) is 12.8. The highest BCUT2D eigenvalue weighted by Gasteiger charge is 2.29. The van der Waals surface area contributed by atoms with Gasteiger partial charge in [0.25, 0.3) is 0 Å². The monoisotopic (exact) mass is 290 g/mol. The molecule has 1 aliphatic heterocycles. The number of aromatic carboxylic acids is 1. The number of carbonyl (C=O) groups is 2. The molecule has 0 aromatic heterocycles. The summed E-state index contributed by atoms with van der Waals surface area (Å²) < 4.78 is 0. The quantitative estimate of drug-likeness (QED) is 0.927. The summed E-state index contributed by atoms with van der Waals surface area (Å²) in [6.07, 6.45) is 2.72. The molecule has 5 heteroatoms. The van der Waals surface area contributed by atoms with Crippen LogP contribution in [0.5, 0.6) is 0 Å². The summed E-state index contributed by atoms with van der Waals surface area (Å²) in [6.45, 7) is 4.76. The molecule has 1 heterocycles. The SMILES string of the molecule is CCCC(C)N(C)C(=O)N1CCc2cc(C(=O)O)ccc21. The Bertz CT molecular complexity index is 556. The second-order valence-electron chi connectivity index (χ2n) is 5.58. The zero-order chi connectivity index (χ0) is 15.6. The van der Waals surface area contributed by atoms with E-state index in [4.69, 9.17) is 5.11 Å². The zero-order valence-corrected chi connectivity index (χ0v) is 12.8. The summed E-state index contributed by atoms with van der Waals surface area (Å²) in [7, 11) is 1.83. The molecule has 1 aliphatic rings. The van der Waals surface area contributed by atoms with Gasteiger partial charge in [0.1, 0.15) is 0 Å². The molecule has 0 saturated carbocycles. The fraction of sp³-hybridized carbons (Fsp3) is 0.500. The summed E-state index contributed by atoms with van der Waals surface area (Å²) in [5, 5.41) is 9.02. The third kappa shape index (κ3) is 3.01. The van der Waals surface area contributed by atoms with E-state index >= 15 is 0 Å². The van der Waals surface area contributed by atoms with E-state index in [1.165, 1.54) is 0 Å². The predicted molar refractivity (Wildman–Crippen MR) is 82.0 cm³/mol. The van der Waals surface area contributed by atoms with Crippen LogP contribution in [0, 0.1) is 0 Å². The first-order chi connectivity index (χ1) is 9.95. The summed E-state index contributed by atoms with van der Waals surface area (Å²) in [6, 6.07) is 5.15. The Labute approximate surface area is 125 Å². The van der Waals surface area contributed by atoms with Crippen LogP contribution in [0.1, 0.15) is 42.6 Å². The predicted octanol–water partition coefficient (Wildman–Crippen LogP) is 2.99. The molecule has 0 radical (unpaired) electrons. The number of carboxylic acid groups (broad SMARTS) is 1. The van der Waals surface area contributed by atoms with E-state index in [0.717, 1.165) is 24.1 Å². The number of hydrogen-bond donors (Lipinski definition) is 1. The molecule has 5 nitrogen and oxygen atoms in total. The van der Waals surface area contributed by atoms with Crippen molar-refractivity contribution < 1.29 is 14.7 Å². The van der Waals surface area contributed by atoms with Crippen LogP contribution in [0.15, 0.2) is 18.2 Å². The highest BCUT2D eigenvalue weighted by molar-refractivity contribution is 5.96. The number of urea groups is 1. The molecule has 0 spiro atoms. The Morgan fingerprint density at radius 2 is 2.14 bits per heavy atom. The lowest BCUT2D eigenvalue weighted by atomic mass is 10.1. The van der Waals surface area contributed by atoms with Crippen molar-refractivity contribution in [2.75, 3.05) is 18.5 Å². The minimum absolute atomic E-state index is 0.0159. The molecule has 114 valence electrons. The van der Waals surface area contributed by atoms with Gasteiger partial charge in [0.2, 0.25) is 0 Å². The normalized spacial score (nSPS) is 14.7. The smallest absolute Gasteiger partial charge is 0.335 e. The lowest BCUT2D eigenvalue weighted by molar-refractivity contribution is 0.0697. The number of nitrogens with zero attached hydrogens (tertiary/aromatic N) is 2. The van der Waals surface area contributed by atoms with Gasteiger partial charge in [-0.15, -0.1) is 0 Å². The first-order valence-corrected chi connectivity index (χ1v) is 7.36. The van der Waals surface area contributed by atoms with Crippen LogP contribution >= 0.6 is 0 Å². The van der Waals surface area contributed by atoms with Crippen molar-refractivity contribution in [2.45, 2.75) is 39.2 Å². The van der Waals surface area contributed by atoms with Crippen molar-refractivity contribution in [3.05, 3.63) is 29.3 Å². The number of fused-ring (bicyclic) bond motifs is 1. The molecule has 2 rings (SSSR count). The van der Waals surface area contributed by atoms with E-state index in [1.807, 2.05) is 14.0 Å². The summed E-state index contributed by atoms with van der Waals surface area (Å²) in [5.41, 5.74) is 2.04. The molecule has 1 aromatic carbocycles. The second-order valence-corrected chi connectivity index (χ2v) is 5.58. The van der Waals surface area contributed by atoms with Gasteiger partial charge in [0, 0.05) is 25.3 Å².